The number of nitrogens with one attached hydrogen (secondary N) is 1. The van der Waals surface area contributed by atoms with Crippen LogP contribution in [0.5, 0.6) is 5.75 Å². The maximum Gasteiger partial charge on any atom is 0.198 e. The molecule has 124 valence electrons. The fourth-order valence-corrected chi connectivity index (χ4v) is 2.44. The van der Waals surface area contributed by atoms with E-state index in [1.54, 1.807) is 0 Å². The first-order chi connectivity index (χ1) is 11.5. The van der Waals surface area contributed by atoms with Crippen LogP contribution in [0.3, 0.4) is 0 Å². The number of H-pyrrole nitrogens is 1. The Morgan fingerprint density at radius 1 is 1.25 bits per heavy atom. The lowest BCUT2D eigenvalue weighted by molar-refractivity contribution is 0.103. The zero-order valence-electron chi connectivity index (χ0n) is 12.1. The minimum absolute atomic E-state index is 0.127. The van der Waals surface area contributed by atoms with Gasteiger partial charge in [-0.25, -0.2) is 13.8 Å². The Hall–Kier alpha value is -2.51. The molecule has 5 nitrogen and oxygen atoms in total. The number of rotatable bonds is 5. The highest BCUT2D eigenvalue weighted by Gasteiger charge is 2.21. The van der Waals surface area contributed by atoms with Crippen molar-refractivity contribution in [2.75, 3.05) is 13.2 Å². The Morgan fingerprint density at radius 3 is 2.79 bits per heavy atom. The summed E-state index contributed by atoms with van der Waals surface area (Å²) in [4.78, 5) is 19.3. The van der Waals surface area contributed by atoms with Crippen LogP contribution in [0.1, 0.15) is 15.9 Å². The lowest BCUT2D eigenvalue weighted by Crippen LogP contribution is -2.08. The molecule has 0 amide bonds. The van der Waals surface area contributed by atoms with Crippen LogP contribution in [0.2, 0.25) is 5.02 Å². The number of ether oxygens (including phenoxy) is 1. The summed E-state index contributed by atoms with van der Waals surface area (Å²) in [6.45, 7) is -0.527. The van der Waals surface area contributed by atoms with Gasteiger partial charge in [0, 0.05) is 29.4 Å². The maximum absolute atomic E-state index is 14.2. The number of pyridine rings is 1. The molecule has 0 bridgehead atoms. The summed E-state index contributed by atoms with van der Waals surface area (Å²) in [5.41, 5.74) is 0.0959. The van der Waals surface area contributed by atoms with Crippen molar-refractivity contribution in [1.82, 2.24) is 9.97 Å². The summed E-state index contributed by atoms with van der Waals surface area (Å²) in [5.74, 6) is -2.92. The molecule has 3 aromatic rings. The van der Waals surface area contributed by atoms with E-state index in [9.17, 15) is 13.6 Å². The van der Waals surface area contributed by atoms with Gasteiger partial charge >= 0.3 is 0 Å². The molecule has 0 spiro atoms. The predicted molar refractivity (Wildman–Crippen MR) is 83.5 cm³/mol. The molecule has 2 N–H and O–H groups in total. The van der Waals surface area contributed by atoms with E-state index in [4.69, 9.17) is 21.4 Å². The number of aliphatic hydroxyl groups is 1. The largest absolute Gasteiger partial charge is 0.488 e. The molecule has 0 atom stereocenters. The lowest BCUT2D eigenvalue weighted by Gasteiger charge is -2.08. The number of aromatic nitrogens is 2. The standard InChI is InChI=1S/C16H11ClF2N2O3/c17-8-3-9-11(7-21-16(9)20-6-8)15(23)10-4-13(19)14(5-12(10)18)24-2-1-22/h3-7,22H,1-2H2,(H,20,21). The van der Waals surface area contributed by atoms with E-state index in [0.717, 1.165) is 12.1 Å². The van der Waals surface area contributed by atoms with Crippen LogP contribution in [-0.2, 0) is 0 Å². The summed E-state index contributed by atoms with van der Waals surface area (Å²) in [7, 11) is 0. The van der Waals surface area contributed by atoms with Crippen LogP contribution in [-0.4, -0.2) is 34.1 Å². The third-order valence-electron chi connectivity index (χ3n) is 3.36. The van der Waals surface area contributed by atoms with Crippen molar-refractivity contribution in [1.29, 1.82) is 0 Å². The molecule has 0 saturated heterocycles. The van der Waals surface area contributed by atoms with Crippen molar-refractivity contribution >= 4 is 28.4 Å². The summed E-state index contributed by atoms with van der Waals surface area (Å²) in [6, 6.07) is 3.06. The number of hydrogen-bond acceptors (Lipinski definition) is 4. The van der Waals surface area contributed by atoms with E-state index < -0.39 is 23.0 Å². The number of carbonyl (C=O) groups is 1. The number of fused-ring (bicyclic) bond motifs is 1. The predicted octanol–water partition coefficient (Wildman–Crippen LogP) is 3.10. The van der Waals surface area contributed by atoms with Gasteiger partial charge in [-0.3, -0.25) is 4.79 Å². The van der Waals surface area contributed by atoms with E-state index in [2.05, 4.69) is 9.97 Å². The Balaban J connectivity index is 2.03. The van der Waals surface area contributed by atoms with Crippen molar-refractivity contribution in [3.05, 3.63) is 58.4 Å². The SMILES string of the molecule is O=C(c1cc(F)c(OCCO)cc1F)c1c[nH]c2ncc(Cl)cc12. The van der Waals surface area contributed by atoms with Gasteiger partial charge < -0.3 is 14.8 Å². The Kier molecular flexibility index (Phi) is 4.46. The molecule has 0 aliphatic rings. The van der Waals surface area contributed by atoms with Gasteiger partial charge in [-0.1, -0.05) is 11.6 Å². The van der Waals surface area contributed by atoms with Crippen molar-refractivity contribution in [3.63, 3.8) is 0 Å². The molecule has 3 rings (SSSR count). The average molecular weight is 353 g/mol. The molecule has 0 fully saturated rings. The molecule has 2 heterocycles. The van der Waals surface area contributed by atoms with Crippen LogP contribution < -0.4 is 4.74 Å². The van der Waals surface area contributed by atoms with Crippen LogP contribution in [0, 0.1) is 11.6 Å². The third kappa shape index (κ3) is 2.95. The van der Waals surface area contributed by atoms with Crippen LogP contribution >= 0.6 is 11.6 Å². The van der Waals surface area contributed by atoms with Gasteiger partial charge in [0.15, 0.2) is 17.3 Å². The number of carbonyl (C=O) groups excluding carboxylic acids is 1. The first-order valence-electron chi connectivity index (χ1n) is 6.91. The van der Waals surface area contributed by atoms with Crippen molar-refractivity contribution in [2.24, 2.45) is 0 Å². The second kappa shape index (κ2) is 6.54. The molecule has 8 heteroatoms. The van der Waals surface area contributed by atoms with E-state index in [0.29, 0.717) is 16.1 Å². The molecule has 0 aliphatic carbocycles. The fraction of sp³-hybridized carbons (Fsp3) is 0.125. The van der Waals surface area contributed by atoms with Gasteiger partial charge in [-0.2, -0.15) is 0 Å². The average Bonchev–Trinajstić information content (AvgIpc) is 2.97. The first kappa shape index (κ1) is 16.4. The van der Waals surface area contributed by atoms with Crippen LogP contribution in [0.4, 0.5) is 8.78 Å². The topological polar surface area (TPSA) is 75.2 Å². The monoisotopic (exact) mass is 352 g/mol. The third-order valence-corrected chi connectivity index (χ3v) is 3.56. The molecule has 2 aromatic heterocycles. The summed E-state index contributed by atoms with van der Waals surface area (Å²) >= 11 is 5.87. The minimum Gasteiger partial charge on any atom is -0.488 e. The highest BCUT2D eigenvalue weighted by Crippen LogP contribution is 2.27. The number of benzene rings is 1. The van der Waals surface area contributed by atoms with Gasteiger partial charge in [-0.05, 0) is 12.1 Å². The number of nitrogens with zero attached hydrogens (tertiary/aromatic N) is 1. The smallest absolute Gasteiger partial charge is 0.198 e. The van der Waals surface area contributed by atoms with Crippen LogP contribution in [0.15, 0.2) is 30.6 Å². The van der Waals surface area contributed by atoms with Gasteiger partial charge in [-0.15, -0.1) is 0 Å². The summed E-state index contributed by atoms with van der Waals surface area (Å²) < 4.78 is 33.0. The zero-order chi connectivity index (χ0) is 17.3. The summed E-state index contributed by atoms with van der Waals surface area (Å²) in [6.07, 6.45) is 2.77. The van der Waals surface area contributed by atoms with Crippen molar-refractivity contribution in [3.8, 4) is 5.75 Å². The molecule has 0 unspecified atom stereocenters. The fourth-order valence-electron chi connectivity index (χ4n) is 2.28. The molecular weight excluding hydrogens is 342 g/mol. The Labute approximate surface area is 139 Å². The quantitative estimate of drug-likeness (QED) is 0.692. The number of ketones is 1. The van der Waals surface area contributed by atoms with E-state index in [1.165, 1.54) is 18.5 Å². The minimum atomic E-state index is -0.932. The summed E-state index contributed by atoms with van der Waals surface area (Å²) in [5, 5.41) is 9.39. The van der Waals surface area contributed by atoms with Gasteiger partial charge in [0.25, 0.3) is 0 Å². The van der Waals surface area contributed by atoms with Crippen molar-refractivity contribution < 1.29 is 23.4 Å². The Bertz CT molecular complexity index is 927. The maximum atomic E-state index is 14.2. The highest BCUT2D eigenvalue weighted by atomic mass is 35.5. The lowest BCUT2D eigenvalue weighted by atomic mass is 10.0. The number of halogens is 3. The molecule has 0 saturated carbocycles. The van der Waals surface area contributed by atoms with E-state index in [-0.39, 0.29) is 24.5 Å². The highest BCUT2D eigenvalue weighted by molar-refractivity contribution is 6.31. The normalized spacial score (nSPS) is 11.0. The van der Waals surface area contributed by atoms with Crippen molar-refractivity contribution in [2.45, 2.75) is 0 Å². The number of hydrogen-bond donors (Lipinski definition) is 2. The molecule has 0 radical (unpaired) electrons. The van der Waals surface area contributed by atoms with Crippen LogP contribution in [0.25, 0.3) is 11.0 Å². The van der Waals surface area contributed by atoms with Gasteiger partial charge in [0.05, 0.1) is 17.2 Å². The van der Waals surface area contributed by atoms with E-state index >= 15 is 0 Å². The second-order valence-electron chi connectivity index (χ2n) is 4.92. The molecule has 24 heavy (non-hydrogen) atoms. The Morgan fingerprint density at radius 2 is 2.04 bits per heavy atom. The second-order valence-corrected chi connectivity index (χ2v) is 5.35. The zero-order valence-corrected chi connectivity index (χ0v) is 12.9. The van der Waals surface area contributed by atoms with Gasteiger partial charge in [0.2, 0.25) is 0 Å². The van der Waals surface area contributed by atoms with Gasteiger partial charge in [0.1, 0.15) is 18.1 Å². The molecule has 1 aromatic carbocycles. The van der Waals surface area contributed by atoms with E-state index in [1.807, 2.05) is 0 Å². The molecular formula is C16H11ClF2N2O3. The number of aliphatic hydroxyl groups excluding tert-OH is 1. The molecule has 0 aliphatic heterocycles. The number of aromatic amines is 1. The first-order valence-corrected chi connectivity index (χ1v) is 7.29.